The molecule has 0 amide bonds. The zero-order valence-corrected chi connectivity index (χ0v) is 11.8. The third-order valence-electron chi connectivity index (χ3n) is 2.72. The Kier molecular flexibility index (Phi) is 6.15. The van der Waals surface area contributed by atoms with Gasteiger partial charge in [0.25, 0.3) is 0 Å². The number of anilines is 1. The molecule has 0 spiro atoms. The lowest BCUT2D eigenvalue weighted by molar-refractivity contribution is 0.116. The predicted octanol–water partition coefficient (Wildman–Crippen LogP) is 1.89. The van der Waals surface area contributed by atoms with Crippen molar-refractivity contribution in [3.63, 3.8) is 0 Å². The minimum atomic E-state index is 0.116. The quantitative estimate of drug-likeness (QED) is 0.260. The smallest absolute Gasteiger partial charge is 0.172 e. The van der Waals surface area contributed by atoms with Gasteiger partial charge >= 0.3 is 0 Å². The van der Waals surface area contributed by atoms with Crippen molar-refractivity contribution in [2.75, 3.05) is 31.7 Å². The normalized spacial score (nSPS) is 11.9. The van der Waals surface area contributed by atoms with Crippen LogP contribution in [0.1, 0.15) is 19.4 Å². The molecule has 0 saturated carbocycles. The summed E-state index contributed by atoms with van der Waals surface area (Å²) >= 11 is 0. The van der Waals surface area contributed by atoms with Crippen molar-refractivity contribution in [1.82, 2.24) is 0 Å². The first-order valence-corrected chi connectivity index (χ1v) is 6.42. The Morgan fingerprint density at radius 3 is 2.74 bits per heavy atom. The van der Waals surface area contributed by atoms with E-state index in [0.29, 0.717) is 12.5 Å². The molecule has 0 aromatic heterocycles. The number of ether oxygens (including phenoxy) is 1. The van der Waals surface area contributed by atoms with Crippen LogP contribution in [0.25, 0.3) is 0 Å². The Morgan fingerprint density at radius 1 is 1.42 bits per heavy atom. The second-order valence-corrected chi connectivity index (χ2v) is 4.89. The standard InChI is InChI=1S/C14H23N3O2/c1-11(2)10-19-9-8-17(3)13-7-5-4-6-12(13)14(15)16-18/h4-7,11,18H,8-10H2,1-3H3,(H2,15,16). The highest BCUT2D eigenvalue weighted by Crippen LogP contribution is 2.18. The van der Waals surface area contributed by atoms with Gasteiger partial charge in [0, 0.05) is 31.5 Å². The largest absolute Gasteiger partial charge is 0.409 e. The second-order valence-electron chi connectivity index (χ2n) is 4.89. The van der Waals surface area contributed by atoms with Crippen LogP contribution in [0.4, 0.5) is 5.69 Å². The molecule has 0 saturated heterocycles. The maximum absolute atomic E-state index is 8.79. The van der Waals surface area contributed by atoms with Gasteiger partial charge in [-0.25, -0.2) is 0 Å². The van der Waals surface area contributed by atoms with Gasteiger partial charge in [-0.1, -0.05) is 31.1 Å². The van der Waals surface area contributed by atoms with E-state index in [1.165, 1.54) is 0 Å². The lowest BCUT2D eigenvalue weighted by Gasteiger charge is -2.22. The average Bonchev–Trinajstić information content (AvgIpc) is 2.42. The van der Waals surface area contributed by atoms with Crippen LogP contribution in [0.15, 0.2) is 29.4 Å². The summed E-state index contributed by atoms with van der Waals surface area (Å²) in [4.78, 5) is 2.04. The highest BCUT2D eigenvalue weighted by atomic mass is 16.5. The molecule has 5 nitrogen and oxygen atoms in total. The fraction of sp³-hybridized carbons (Fsp3) is 0.500. The first-order valence-electron chi connectivity index (χ1n) is 6.42. The van der Waals surface area contributed by atoms with Gasteiger partial charge in [-0.05, 0) is 18.1 Å². The Balaban J connectivity index is 2.64. The molecule has 0 fully saturated rings. The summed E-state index contributed by atoms with van der Waals surface area (Å²) in [6.07, 6.45) is 0. The fourth-order valence-corrected chi connectivity index (χ4v) is 1.72. The lowest BCUT2D eigenvalue weighted by Crippen LogP contribution is -2.26. The van der Waals surface area contributed by atoms with Crippen LogP contribution in [0.2, 0.25) is 0 Å². The van der Waals surface area contributed by atoms with E-state index in [1.807, 2.05) is 36.2 Å². The molecular formula is C14H23N3O2. The van der Waals surface area contributed by atoms with Crippen molar-refractivity contribution in [3.05, 3.63) is 29.8 Å². The number of nitrogens with two attached hydrogens (primary N) is 1. The number of nitrogens with zero attached hydrogens (tertiary/aromatic N) is 2. The highest BCUT2D eigenvalue weighted by molar-refractivity contribution is 6.02. The molecular weight excluding hydrogens is 242 g/mol. The van der Waals surface area contributed by atoms with Gasteiger partial charge in [0.15, 0.2) is 5.84 Å². The van der Waals surface area contributed by atoms with Crippen LogP contribution >= 0.6 is 0 Å². The first-order chi connectivity index (χ1) is 9.06. The molecule has 0 heterocycles. The second kappa shape index (κ2) is 7.63. The Labute approximate surface area is 114 Å². The van der Waals surface area contributed by atoms with Crippen LogP contribution < -0.4 is 10.6 Å². The van der Waals surface area contributed by atoms with Crippen molar-refractivity contribution in [2.24, 2.45) is 16.8 Å². The van der Waals surface area contributed by atoms with Crippen LogP contribution in [0.3, 0.4) is 0 Å². The van der Waals surface area contributed by atoms with E-state index in [4.69, 9.17) is 15.7 Å². The molecule has 1 aromatic rings. The zero-order chi connectivity index (χ0) is 14.3. The third-order valence-corrected chi connectivity index (χ3v) is 2.72. The molecule has 0 radical (unpaired) electrons. The van der Waals surface area contributed by atoms with Crippen molar-refractivity contribution in [3.8, 4) is 0 Å². The molecule has 1 rings (SSSR count). The predicted molar refractivity (Wildman–Crippen MR) is 77.9 cm³/mol. The maximum Gasteiger partial charge on any atom is 0.172 e. The van der Waals surface area contributed by atoms with Crippen LogP contribution in [-0.4, -0.2) is 37.8 Å². The summed E-state index contributed by atoms with van der Waals surface area (Å²) in [7, 11) is 1.96. The van der Waals surface area contributed by atoms with Crippen molar-refractivity contribution < 1.29 is 9.94 Å². The summed E-state index contributed by atoms with van der Waals surface area (Å²) < 4.78 is 5.56. The minimum Gasteiger partial charge on any atom is -0.409 e. The third kappa shape index (κ3) is 4.79. The van der Waals surface area contributed by atoms with Gasteiger partial charge in [0.1, 0.15) is 0 Å². The lowest BCUT2D eigenvalue weighted by atomic mass is 10.1. The molecule has 0 bridgehead atoms. The molecule has 19 heavy (non-hydrogen) atoms. The summed E-state index contributed by atoms with van der Waals surface area (Å²) in [5, 5.41) is 11.8. The molecule has 0 atom stereocenters. The summed E-state index contributed by atoms with van der Waals surface area (Å²) in [5.41, 5.74) is 7.31. The number of para-hydroxylation sites is 1. The summed E-state index contributed by atoms with van der Waals surface area (Å²) in [5.74, 6) is 0.653. The van der Waals surface area contributed by atoms with Crippen LogP contribution in [0.5, 0.6) is 0 Å². The SMILES string of the molecule is CC(C)COCCN(C)c1ccccc1/C(N)=N/O. The van der Waals surface area contributed by atoms with E-state index in [-0.39, 0.29) is 5.84 Å². The monoisotopic (exact) mass is 265 g/mol. The Morgan fingerprint density at radius 2 is 2.11 bits per heavy atom. The summed E-state index contributed by atoms with van der Waals surface area (Å²) in [6, 6.07) is 7.56. The van der Waals surface area contributed by atoms with E-state index in [2.05, 4.69) is 19.0 Å². The molecule has 1 aromatic carbocycles. The Hall–Kier alpha value is -1.75. The molecule has 0 unspecified atom stereocenters. The fourth-order valence-electron chi connectivity index (χ4n) is 1.72. The van der Waals surface area contributed by atoms with E-state index < -0.39 is 0 Å². The molecule has 0 aliphatic heterocycles. The molecule has 0 aliphatic rings. The number of hydrogen-bond acceptors (Lipinski definition) is 4. The van der Waals surface area contributed by atoms with E-state index >= 15 is 0 Å². The van der Waals surface area contributed by atoms with Gasteiger partial charge in [-0.3, -0.25) is 0 Å². The molecule has 0 aliphatic carbocycles. The van der Waals surface area contributed by atoms with Crippen molar-refractivity contribution in [2.45, 2.75) is 13.8 Å². The average molecular weight is 265 g/mol. The molecule has 106 valence electrons. The van der Waals surface area contributed by atoms with E-state index in [0.717, 1.165) is 24.4 Å². The summed E-state index contributed by atoms with van der Waals surface area (Å²) in [6.45, 7) is 6.41. The number of amidine groups is 1. The topological polar surface area (TPSA) is 71.1 Å². The van der Waals surface area contributed by atoms with E-state index in [9.17, 15) is 0 Å². The maximum atomic E-state index is 8.79. The van der Waals surface area contributed by atoms with Crippen LogP contribution in [0, 0.1) is 5.92 Å². The number of rotatable bonds is 7. The zero-order valence-electron chi connectivity index (χ0n) is 11.8. The number of likely N-dealkylation sites (N-methyl/N-ethyl adjacent to an activating group) is 1. The van der Waals surface area contributed by atoms with Gasteiger partial charge < -0.3 is 20.6 Å². The first kappa shape index (κ1) is 15.3. The Bertz CT molecular complexity index is 419. The van der Waals surface area contributed by atoms with Gasteiger partial charge in [0.2, 0.25) is 0 Å². The highest BCUT2D eigenvalue weighted by Gasteiger charge is 2.10. The van der Waals surface area contributed by atoms with Crippen LogP contribution in [-0.2, 0) is 4.74 Å². The molecule has 3 N–H and O–H groups in total. The van der Waals surface area contributed by atoms with Gasteiger partial charge in [-0.2, -0.15) is 0 Å². The van der Waals surface area contributed by atoms with Gasteiger partial charge in [-0.15, -0.1) is 0 Å². The van der Waals surface area contributed by atoms with Gasteiger partial charge in [0.05, 0.1) is 6.61 Å². The minimum absolute atomic E-state index is 0.116. The van der Waals surface area contributed by atoms with E-state index in [1.54, 1.807) is 0 Å². The number of hydrogen-bond donors (Lipinski definition) is 2. The number of benzene rings is 1. The number of oxime groups is 1. The molecule has 5 heteroatoms. The van der Waals surface area contributed by atoms with Crippen molar-refractivity contribution >= 4 is 11.5 Å². The van der Waals surface area contributed by atoms with Crippen molar-refractivity contribution in [1.29, 1.82) is 0 Å².